The zero-order chi connectivity index (χ0) is 14.5. The summed E-state index contributed by atoms with van der Waals surface area (Å²) in [4.78, 5) is 21.6. The second kappa shape index (κ2) is 6.47. The molecular weight excluding hydrogens is 322 g/mol. The van der Waals surface area contributed by atoms with E-state index in [2.05, 4.69) is 30.6 Å². The Labute approximate surface area is 125 Å². The number of carbonyl (C=O) groups is 1. The van der Waals surface area contributed by atoms with E-state index in [0.29, 0.717) is 12.4 Å². The van der Waals surface area contributed by atoms with Crippen molar-refractivity contribution in [3.63, 3.8) is 0 Å². The van der Waals surface area contributed by atoms with Gasteiger partial charge in [-0.25, -0.2) is 9.78 Å². The molecular formula is C14H14BrN3O2. The predicted molar refractivity (Wildman–Crippen MR) is 79.6 cm³/mol. The molecule has 0 fully saturated rings. The standard InChI is InChI=1S/C14H14BrN3O2/c1-18(9-10-4-3-5-11(15)6-10)13-8-16-7-12(17-13)14(19)20-2/h3-8H,9H2,1-2H3. The number of halogens is 1. The maximum absolute atomic E-state index is 11.4. The lowest BCUT2D eigenvalue weighted by Gasteiger charge is -2.18. The minimum absolute atomic E-state index is 0.200. The molecule has 0 atom stereocenters. The van der Waals surface area contributed by atoms with Gasteiger partial charge in [-0.2, -0.15) is 0 Å². The lowest BCUT2D eigenvalue weighted by molar-refractivity contribution is 0.0593. The van der Waals surface area contributed by atoms with Gasteiger partial charge >= 0.3 is 5.97 Å². The fourth-order valence-electron chi connectivity index (χ4n) is 1.73. The van der Waals surface area contributed by atoms with Crippen molar-refractivity contribution in [3.05, 3.63) is 52.4 Å². The molecule has 5 nitrogen and oxygen atoms in total. The van der Waals surface area contributed by atoms with E-state index < -0.39 is 5.97 Å². The molecule has 1 aromatic heterocycles. The molecule has 20 heavy (non-hydrogen) atoms. The summed E-state index contributed by atoms with van der Waals surface area (Å²) in [5.41, 5.74) is 1.33. The van der Waals surface area contributed by atoms with Gasteiger partial charge in [0.25, 0.3) is 0 Å². The Morgan fingerprint density at radius 3 is 2.90 bits per heavy atom. The van der Waals surface area contributed by atoms with Gasteiger partial charge in [0.1, 0.15) is 5.82 Å². The zero-order valence-corrected chi connectivity index (χ0v) is 12.8. The van der Waals surface area contributed by atoms with Crippen molar-refractivity contribution in [1.29, 1.82) is 0 Å². The third-order valence-electron chi connectivity index (χ3n) is 2.72. The average Bonchev–Trinajstić information content (AvgIpc) is 2.46. The first-order valence-electron chi connectivity index (χ1n) is 5.96. The number of rotatable bonds is 4. The first kappa shape index (κ1) is 14.5. The summed E-state index contributed by atoms with van der Waals surface area (Å²) in [6.07, 6.45) is 3.01. The Hall–Kier alpha value is -1.95. The van der Waals surface area contributed by atoms with Crippen LogP contribution in [0.5, 0.6) is 0 Å². The van der Waals surface area contributed by atoms with Gasteiger partial charge in [0.05, 0.1) is 19.5 Å². The number of anilines is 1. The molecule has 0 saturated heterocycles. The van der Waals surface area contributed by atoms with Crippen molar-refractivity contribution in [2.45, 2.75) is 6.54 Å². The molecule has 0 aliphatic carbocycles. The van der Waals surface area contributed by atoms with E-state index in [1.54, 1.807) is 6.20 Å². The number of hydrogen-bond donors (Lipinski definition) is 0. The van der Waals surface area contributed by atoms with Gasteiger partial charge in [0.2, 0.25) is 0 Å². The molecule has 104 valence electrons. The maximum atomic E-state index is 11.4. The van der Waals surface area contributed by atoms with Gasteiger partial charge in [-0.1, -0.05) is 28.1 Å². The third-order valence-corrected chi connectivity index (χ3v) is 3.21. The van der Waals surface area contributed by atoms with Crippen molar-refractivity contribution in [2.75, 3.05) is 19.1 Å². The maximum Gasteiger partial charge on any atom is 0.358 e. The van der Waals surface area contributed by atoms with E-state index in [1.807, 2.05) is 36.2 Å². The molecule has 1 aromatic carbocycles. The molecule has 2 rings (SSSR count). The highest BCUT2D eigenvalue weighted by molar-refractivity contribution is 9.10. The topological polar surface area (TPSA) is 55.3 Å². The highest BCUT2D eigenvalue weighted by Gasteiger charge is 2.11. The number of hydrogen-bond acceptors (Lipinski definition) is 5. The monoisotopic (exact) mass is 335 g/mol. The molecule has 1 heterocycles. The van der Waals surface area contributed by atoms with Crippen LogP contribution in [0, 0.1) is 0 Å². The summed E-state index contributed by atoms with van der Waals surface area (Å²) in [6, 6.07) is 8.01. The number of aromatic nitrogens is 2. The highest BCUT2D eigenvalue weighted by atomic mass is 79.9. The van der Waals surface area contributed by atoms with Crippen LogP contribution in [-0.4, -0.2) is 30.1 Å². The minimum Gasteiger partial charge on any atom is -0.464 e. The molecule has 2 aromatic rings. The van der Waals surface area contributed by atoms with Crippen LogP contribution in [0.2, 0.25) is 0 Å². The molecule has 0 aliphatic rings. The summed E-state index contributed by atoms with van der Waals surface area (Å²) in [7, 11) is 3.22. The van der Waals surface area contributed by atoms with E-state index in [9.17, 15) is 4.79 Å². The lowest BCUT2D eigenvalue weighted by atomic mass is 10.2. The van der Waals surface area contributed by atoms with Crippen molar-refractivity contribution < 1.29 is 9.53 Å². The number of carbonyl (C=O) groups excluding carboxylic acids is 1. The predicted octanol–water partition coefficient (Wildman–Crippen LogP) is 2.66. The van der Waals surface area contributed by atoms with E-state index in [0.717, 1.165) is 10.0 Å². The van der Waals surface area contributed by atoms with Crippen LogP contribution in [0.1, 0.15) is 16.1 Å². The lowest BCUT2D eigenvalue weighted by Crippen LogP contribution is -2.19. The normalized spacial score (nSPS) is 10.2. The van der Waals surface area contributed by atoms with Crippen molar-refractivity contribution in [1.82, 2.24) is 9.97 Å². The highest BCUT2D eigenvalue weighted by Crippen LogP contribution is 2.16. The van der Waals surface area contributed by atoms with Crippen LogP contribution in [0.4, 0.5) is 5.82 Å². The molecule has 0 bridgehead atoms. The first-order chi connectivity index (χ1) is 9.60. The fraction of sp³-hybridized carbons (Fsp3) is 0.214. The number of esters is 1. The van der Waals surface area contributed by atoms with Gasteiger partial charge in [0, 0.05) is 18.1 Å². The first-order valence-corrected chi connectivity index (χ1v) is 6.75. The van der Waals surface area contributed by atoms with Crippen LogP contribution < -0.4 is 4.90 Å². The van der Waals surface area contributed by atoms with Gasteiger partial charge in [0.15, 0.2) is 5.69 Å². The number of methoxy groups -OCH3 is 1. The molecule has 0 unspecified atom stereocenters. The van der Waals surface area contributed by atoms with E-state index in [4.69, 9.17) is 0 Å². The molecule has 0 aliphatic heterocycles. The van der Waals surface area contributed by atoms with Crippen molar-refractivity contribution in [3.8, 4) is 0 Å². The number of nitrogens with zero attached hydrogens (tertiary/aromatic N) is 3. The van der Waals surface area contributed by atoms with E-state index in [1.165, 1.54) is 13.3 Å². The molecule has 0 amide bonds. The van der Waals surface area contributed by atoms with Gasteiger partial charge in [-0.3, -0.25) is 4.98 Å². The summed E-state index contributed by atoms with van der Waals surface area (Å²) in [5, 5.41) is 0. The average molecular weight is 336 g/mol. The number of ether oxygens (including phenoxy) is 1. The Bertz CT molecular complexity index is 619. The van der Waals surface area contributed by atoms with Gasteiger partial charge in [-0.05, 0) is 17.7 Å². The summed E-state index contributed by atoms with van der Waals surface area (Å²) in [6.45, 7) is 0.665. The van der Waals surface area contributed by atoms with Crippen LogP contribution >= 0.6 is 15.9 Å². The van der Waals surface area contributed by atoms with Crippen molar-refractivity contribution in [2.24, 2.45) is 0 Å². The number of benzene rings is 1. The molecule has 6 heteroatoms. The summed E-state index contributed by atoms with van der Waals surface area (Å²) in [5.74, 6) is 0.128. The van der Waals surface area contributed by atoms with E-state index in [-0.39, 0.29) is 5.69 Å². The Kier molecular flexibility index (Phi) is 4.68. The summed E-state index contributed by atoms with van der Waals surface area (Å²) < 4.78 is 5.66. The van der Waals surface area contributed by atoms with Gasteiger partial charge in [-0.15, -0.1) is 0 Å². The zero-order valence-electron chi connectivity index (χ0n) is 11.2. The van der Waals surface area contributed by atoms with Crippen LogP contribution in [-0.2, 0) is 11.3 Å². The SMILES string of the molecule is COC(=O)c1cncc(N(C)Cc2cccc(Br)c2)n1. The molecule has 0 N–H and O–H groups in total. The Morgan fingerprint density at radius 1 is 1.40 bits per heavy atom. The fourth-order valence-corrected chi connectivity index (χ4v) is 2.18. The smallest absolute Gasteiger partial charge is 0.358 e. The van der Waals surface area contributed by atoms with Crippen LogP contribution in [0.15, 0.2) is 41.1 Å². The van der Waals surface area contributed by atoms with E-state index >= 15 is 0 Å². The van der Waals surface area contributed by atoms with Crippen LogP contribution in [0.3, 0.4) is 0 Å². The molecule has 0 radical (unpaired) electrons. The van der Waals surface area contributed by atoms with Crippen LogP contribution in [0.25, 0.3) is 0 Å². The third kappa shape index (κ3) is 3.54. The quantitative estimate of drug-likeness (QED) is 0.804. The molecule has 0 spiro atoms. The Morgan fingerprint density at radius 2 is 2.20 bits per heavy atom. The molecule has 0 saturated carbocycles. The summed E-state index contributed by atoms with van der Waals surface area (Å²) >= 11 is 3.44. The van der Waals surface area contributed by atoms with Crippen molar-refractivity contribution >= 4 is 27.7 Å². The largest absolute Gasteiger partial charge is 0.464 e. The second-order valence-electron chi connectivity index (χ2n) is 4.24. The minimum atomic E-state index is -0.491. The Balaban J connectivity index is 2.17. The second-order valence-corrected chi connectivity index (χ2v) is 5.16. The van der Waals surface area contributed by atoms with Gasteiger partial charge < -0.3 is 9.64 Å².